The van der Waals surface area contributed by atoms with E-state index in [1.807, 2.05) is 12.1 Å². The van der Waals surface area contributed by atoms with Crippen LogP contribution in [0, 0.1) is 12.7 Å². The molecule has 0 bridgehead atoms. The van der Waals surface area contributed by atoms with Crippen LogP contribution in [0.4, 0.5) is 4.39 Å². The van der Waals surface area contributed by atoms with Gasteiger partial charge in [0.05, 0.1) is 0 Å². The highest BCUT2D eigenvalue weighted by atomic mass is 19.1. The van der Waals surface area contributed by atoms with Crippen LogP contribution in [0.15, 0.2) is 18.2 Å². The molecule has 1 aliphatic heterocycles. The van der Waals surface area contributed by atoms with Crippen LogP contribution in [0.25, 0.3) is 0 Å². The Bertz CT molecular complexity index is 507. The summed E-state index contributed by atoms with van der Waals surface area (Å²) in [5.41, 5.74) is 7.05. The molecule has 2 rings (SSSR count). The number of amides is 1. The molecule has 5 heteroatoms. The van der Waals surface area contributed by atoms with Gasteiger partial charge in [-0.25, -0.2) is 4.39 Å². The smallest absolute Gasteiger partial charge is 0.221 e. The van der Waals surface area contributed by atoms with E-state index in [4.69, 9.17) is 5.73 Å². The van der Waals surface area contributed by atoms with Gasteiger partial charge in [-0.15, -0.1) is 0 Å². The molecule has 1 atom stereocenters. The fourth-order valence-electron chi connectivity index (χ4n) is 2.92. The van der Waals surface area contributed by atoms with Crippen LogP contribution >= 0.6 is 0 Å². The zero-order chi connectivity index (χ0) is 15.9. The molecular weight excluding hydrogens is 281 g/mol. The summed E-state index contributed by atoms with van der Waals surface area (Å²) >= 11 is 0. The summed E-state index contributed by atoms with van der Waals surface area (Å²) < 4.78 is 13.7. The van der Waals surface area contributed by atoms with Gasteiger partial charge >= 0.3 is 0 Å². The van der Waals surface area contributed by atoms with Crippen molar-refractivity contribution in [2.45, 2.75) is 45.2 Å². The van der Waals surface area contributed by atoms with E-state index in [-0.39, 0.29) is 11.7 Å². The SMILES string of the molecule is Cc1ccc(CN2CCCCC2CNC(=O)CCN)cc1F. The molecule has 3 N–H and O–H groups in total. The molecule has 1 amide bonds. The van der Waals surface area contributed by atoms with E-state index in [1.165, 1.54) is 6.42 Å². The molecule has 1 unspecified atom stereocenters. The summed E-state index contributed by atoms with van der Waals surface area (Å²) in [6.45, 7) is 4.52. The third-order valence-electron chi connectivity index (χ3n) is 4.28. The van der Waals surface area contributed by atoms with Gasteiger partial charge in [-0.2, -0.15) is 0 Å². The van der Waals surface area contributed by atoms with Crippen LogP contribution in [0.3, 0.4) is 0 Å². The number of nitrogens with two attached hydrogens (primary N) is 1. The first-order valence-corrected chi connectivity index (χ1v) is 8.06. The van der Waals surface area contributed by atoms with Gasteiger partial charge in [0.25, 0.3) is 0 Å². The quantitative estimate of drug-likeness (QED) is 0.844. The van der Waals surface area contributed by atoms with Crippen molar-refractivity contribution in [1.29, 1.82) is 0 Å². The van der Waals surface area contributed by atoms with Crippen molar-refractivity contribution in [3.05, 3.63) is 35.1 Å². The van der Waals surface area contributed by atoms with Crippen molar-refractivity contribution in [3.63, 3.8) is 0 Å². The second-order valence-electron chi connectivity index (χ2n) is 6.05. The highest BCUT2D eigenvalue weighted by Gasteiger charge is 2.23. The molecule has 1 heterocycles. The summed E-state index contributed by atoms with van der Waals surface area (Å²) in [6, 6.07) is 5.75. The Balaban J connectivity index is 1.94. The minimum atomic E-state index is -0.151. The van der Waals surface area contributed by atoms with Gasteiger partial charge in [-0.3, -0.25) is 9.69 Å². The topological polar surface area (TPSA) is 58.4 Å². The molecule has 0 aliphatic carbocycles. The lowest BCUT2D eigenvalue weighted by atomic mass is 10.0. The molecule has 0 spiro atoms. The summed E-state index contributed by atoms with van der Waals surface area (Å²) in [5.74, 6) is -0.142. The number of halogens is 1. The average Bonchev–Trinajstić information content (AvgIpc) is 2.50. The van der Waals surface area contributed by atoms with Crippen molar-refractivity contribution in [2.24, 2.45) is 5.73 Å². The second kappa shape index (κ2) is 8.25. The van der Waals surface area contributed by atoms with E-state index >= 15 is 0 Å². The monoisotopic (exact) mass is 307 g/mol. The van der Waals surface area contributed by atoms with E-state index in [9.17, 15) is 9.18 Å². The van der Waals surface area contributed by atoms with E-state index in [2.05, 4.69) is 10.2 Å². The van der Waals surface area contributed by atoms with Gasteiger partial charge in [0.1, 0.15) is 5.82 Å². The number of rotatable bonds is 6. The Hall–Kier alpha value is -1.46. The molecule has 1 aliphatic rings. The molecule has 1 aromatic carbocycles. The molecule has 4 nitrogen and oxygen atoms in total. The molecule has 22 heavy (non-hydrogen) atoms. The van der Waals surface area contributed by atoms with Gasteiger partial charge in [0, 0.05) is 32.1 Å². The minimum Gasteiger partial charge on any atom is -0.354 e. The van der Waals surface area contributed by atoms with E-state index in [0.29, 0.717) is 31.1 Å². The van der Waals surface area contributed by atoms with Crippen LogP contribution in [0.5, 0.6) is 0 Å². The zero-order valence-corrected chi connectivity index (χ0v) is 13.3. The van der Waals surface area contributed by atoms with E-state index < -0.39 is 0 Å². The van der Waals surface area contributed by atoms with E-state index in [1.54, 1.807) is 13.0 Å². The Kier molecular flexibility index (Phi) is 6.34. The van der Waals surface area contributed by atoms with Crippen LogP contribution < -0.4 is 11.1 Å². The first-order valence-electron chi connectivity index (χ1n) is 8.06. The zero-order valence-electron chi connectivity index (χ0n) is 13.3. The maximum absolute atomic E-state index is 13.7. The molecule has 0 saturated carbocycles. The first kappa shape index (κ1) is 16.9. The van der Waals surface area contributed by atoms with Gasteiger partial charge in [-0.05, 0) is 43.5 Å². The number of nitrogens with zero attached hydrogens (tertiary/aromatic N) is 1. The number of benzene rings is 1. The first-order chi connectivity index (χ1) is 10.6. The van der Waals surface area contributed by atoms with Gasteiger partial charge < -0.3 is 11.1 Å². The molecule has 0 aromatic heterocycles. The fraction of sp³-hybridized carbons (Fsp3) is 0.588. The fourth-order valence-corrected chi connectivity index (χ4v) is 2.92. The largest absolute Gasteiger partial charge is 0.354 e. The number of carbonyl (C=O) groups excluding carboxylic acids is 1. The van der Waals surface area contributed by atoms with Crippen molar-refractivity contribution in [1.82, 2.24) is 10.2 Å². The standard InChI is InChI=1S/C17H26FN3O/c1-13-5-6-14(10-16(13)18)12-21-9-3-2-4-15(21)11-20-17(22)7-8-19/h5-6,10,15H,2-4,7-9,11-12,19H2,1H3,(H,20,22). The normalized spacial score (nSPS) is 19.1. The van der Waals surface area contributed by atoms with Crippen LogP contribution in [-0.4, -0.2) is 36.5 Å². The molecule has 0 radical (unpaired) electrons. The lowest BCUT2D eigenvalue weighted by Crippen LogP contribution is -2.46. The molecule has 1 aromatic rings. The molecular formula is C17H26FN3O. The summed E-state index contributed by atoms with van der Waals surface area (Å²) in [5, 5.41) is 2.95. The van der Waals surface area contributed by atoms with E-state index in [0.717, 1.165) is 31.5 Å². The predicted molar refractivity (Wildman–Crippen MR) is 85.9 cm³/mol. The Morgan fingerprint density at radius 3 is 3.00 bits per heavy atom. The van der Waals surface area contributed by atoms with Crippen LogP contribution in [0.2, 0.25) is 0 Å². The maximum Gasteiger partial charge on any atom is 0.221 e. The molecule has 122 valence electrons. The maximum atomic E-state index is 13.7. The highest BCUT2D eigenvalue weighted by molar-refractivity contribution is 5.76. The lowest BCUT2D eigenvalue weighted by Gasteiger charge is -2.36. The number of aryl methyl sites for hydroxylation is 1. The summed E-state index contributed by atoms with van der Waals surface area (Å²) in [6.07, 6.45) is 3.77. The van der Waals surface area contributed by atoms with Crippen molar-refractivity contribution >= 4 is 5.91 Å². The Morgan fingerprint density at radius 1 is 1.45 bits per heavy atom. The third-order valence-corrected chi connectivity index (χ3v) is 4.28. The van der Waals surface area contributed by atoms with Gasteiger partial charge in [0.2, 0.25) is 5.91 Å². The van der Waals surface area contributed by atoms with Crippen LogP contribution in [0.1, 0.15) is 36.8 Å². The van der Waals surface area contributed by atoms with Gasteiger partial charge in [-0.1, -0.05) is 18.6 Å². The number of carbonyl (C=O) groups is 1. The van der Waals surface area contributed by atoms with Gasteiger partial charge in [0.15, 0.2) is 0 Å². The number of piperidine rings is 1. The van der Waals surface area contributed by atoms with Crippen molar-refractivity contribution < 1.29 is 9.18 Å². The Morgan fingerprint density at radius 2 is 2.27 bits per heavy atom. The lowest BCUT2D eigenvalue weighted by molar-refractivity contribution is -0.121. The number of nitrogens with one attached hydrogen (secondary N) is 1. The third kappa shape index (κ3) is 4.78. The highest BCUT2D eigenvalue weighted by Crippen LogP contribution is 2.20. The number of hydrogen-bond acceptors (Lipinski definition) is 3. The Labute approximate surface area is 131 Å². The van der Waals surface area contributed by atoms with Crippen LogP contribution in [-0.2, 0) is 11.3 Å². The number of likely N-dealkylation sites (tertiary alicyclic amines) is 1. The molecule has 1 saturated heterocycles. The summed E-state index contributed by atoms with van der Waals surface area (Å²) in [7, 11) is 0. The second-order valence-corrected chi connectivity index (χ2v) is 6.05. The number of hydrogen-bond donors (Lipinski definition) is 2. The summed E-state index contributed by atoms with van der Waals surface area (Å²) in [4.78, 5) is 13.9. The molecule has 1 fully saturated rings. The average molecular weight is 307 g/mol. The van der Waals surface area contributed by atoms with Crippen molar-refractivity contribution in [3.8, 4) is 0 Å². The minimum absolute atomic E-state index is 0.00871. The predicted octanol–water partition coefficient (Wildman–Crippen LogP) is 1.95. The van der Waals surface area contributed by atoms with Crippen molar-refractivity contribution in [2.75, 3.05) is 19.6 Å².